The Kier molecular flexibility index (Phi) is 3.90. The van der Waals surface area contributed by atoms with Crippen LogP contribution in [0.1, 0.15) is 29.9 Å². The first-order valence-electron chi connectivity index (χ1n) is 6.47. The highest BCUT2D eigenvalue weighted by Crippen LogP contribution is 2.32. The third kappa shape index (κ3) is 2.58. The van der Waals surface area contributed by atoms with Gasteiger partial charge in [0.25, 0.3) is 5.69 Å². The lowest BCUT2D eigenvalue weighted by molar-refractivity contribution is -0.385. The van der Waals surface area contributed by atoms with Crippen LogP contribution in [-0.4, -0.2) is 12.0 Å². The van der Waals surface area contributed by atoms with Gasteiger partial charge in [0.15, 0.2) is 0 Å². The van der Waals surface area contributed by atoms with Crippen molar-refractivity contribution in [3.8, 4) is 11.3 Å². The molecule has 2 rings (SSSR count). The van der Waals surface area contributed by atoms with E-state index in [1.807, 2.05) is 33.0 Å². The van der Waals surface area contributed by atoms with Crippen LogP contribution in [0.4, 0.5) is 5.69 Å². The Morgan fingerprint density at radius 1 is 1.25 bits per heavy atom. The third-order valence-electron chi connectivity index (χ3n) is 3.49. The Morgan fingerprint density at radius 3 is 2.55 bits per heavy atom. The number of nitrogens with one attached hydrogen (secondary N) is 1. The zero-order valence-corrected chi connectivity index (χ0v) is 12.1. The minimum Gasteiger partial charge on any atom is -0.459 e. The van der Waals surface area contributed by atoms with Crippen LogP contribution in [-0.2, 0) is 0 Å². The maximum atomic E-state index is 10.9. The van der Waals surface area contributed by atoms with E-state index < -0.39 is 0 Å². The Balaban J connectivity index is 2.45. The van der Waals surface area contributed by atoms with Crippen LogP contribution in [0, 0.1) is 24.0 Å². The number of rotatable bonds is 4. The fraction of sp³-hybridized carbons (Fsp3) is 0.333. The predicted octanol–water partition coefficient (Wildman–Crippen LogP) is 3.75. The monoisotopic (exact) mass is 274 g/mol. The summed E-state index contributed by atoms with van der Waals surface area (Å²) in [7, 11) is 1.87. The molecule has 0 aliphatic rings. The molecule has 1 atom stereocenters. The summed E-state index contributed by atoms with van der Waals surface area (Å²) in [6, 6.07) is 7.35. The van der Waals surface area contributed by atoms with Gasteiger partial charge >= 0.3 is 0 Å². The smallest absolute Gasteiger partial charge is 0.272 e. The normalized spacial score (nSPS) is 12.4. The third-order valence-corrected chi connectivity index (χ3v) is 3.49. The molecule has 2 aromatic rings. The highest BCUT2D eigenvalue weighted by Gasteiger charge is 2.17. The van der Waals surface area contributed by atoms with E-state index in [1.54, 1.807) is 19.1 Å². The lowest BCUT2D eigenvalue weighted by Gasteiger charge is -2.07. The second-order valence-corrected chi connectivity index (χ2v) is 4.92. The molecule has 20 heavy (non-hydrogen) atoms. The van der Waals surface area contributed by atoms with Crippen LogP contribution in [0.15, 0.2) is 28.7 Å². The zero-order valence-electron chi connectivity index (χ0n) is 12.1. The molecule has 0 spiro atoms. The van der Waals surface area contributed by atoms with Gasteiger partial charge in [0.05, 0.1) is 11.0 Å². The van der Waals surface area contributed by atoms with Gasteiger partial charge in [0.2, 0.25) is 0 Å². The van der Waals surface area contributed by atoms with Gasteiger partial charge in [-0.3, -0.25) is 10.1 Å². The minimum atomic E-state index is -0.358. The van der Waals surface area contributed by atoms with E-state index in [4.69, 9.17) is 4.42 Å². The van der Waals surface area contributed by atoms with Crippen LogP contribution in [0.2, 0.25) is 0 Å². The lowest BCUT2D eigenvalue weighted by atomic mass is 10.0. The van der Waals surface area contributed by atoms with Gasteiger partial charge in [-0.1, -0.05) is 0 Å². The summed E-state index contributed by atoms with van der Waals surface area (Å²) in [6.07, 6.45) is 0. The van der Waals surface area contributed by atoms with Crippen molar-refractivity contribution in [2.45, 2.75) is 26.8 Å². The molecular weight excluding hydrogens is 256 g/mol. The molecule has 1 aromatic heterocycles. The number of nitrogens with zero attached hydrogens (tertiary/aromatic N) is 1. The molecule has 0 saturated heterocycles. The van der Waals surface area contributed by atoms with E-state index in [2.05, 4.69) is 5.32 Å². The Bertz CT molecular complexity index is 647. The highest BCUT2D eigenvalue weighted by molar-refractivity contribution is 5.66. The number of nitro benzene ring substituents is 1. The molecule has 0 bridgehead atoms. The fourth-order valence-electron chi connectivity index (χ4n) is 2.14. The molecule has 1 N–H and O–H groups in total. The summed E-state index contributed by atoms with van der Waals surface area (Å²) in [6.45, 7) is 5.60. The predicted molar refractivity (Wildman–Crippen MR) is 77.7 cm³/mol. The van der Waals surface area contributed by atoms with E-state index in [1.165, 1.54) is 0 Å². The number of aryl methyl sites for hydroxylation is 2. The highest BCUT2D eigenvalue weighted by atomic mass is 16.6. The van der Waals surface area contributed by atoms with Crippen molar-refractivity contribution in [3.05, 3.63) is 51.3 Å². The molecule has 0 amide bonds. The molecule has 1 heterocycles. The minimum absolute atomic E-state index is 0.128. The van der Waals surface area contributed by atoms with Crippen molar-refractivity contribution >= 4 is 5.69 Å². The number of benzene rings is 1. The van der Waals surface area contributed by atoms with Crippen molar-refractivity contribution in [2.24, 2.45) is 0 Å². The number of furan rings is 1. The van der Waals surface area contributed by atoms with Gasteiger partial charge < -0.3 is 9.73 Å². The van der Waals surface area contributed by atoms with Gasteiger partial charge in [-0.25, -0.2) is 0 Å². The van der Waals surface area contributed by atoms with Gasteiger partial charge in [-0.15, -0.1) is 0 Å². The Labute approximate surface area is 117 Å². The molecule has 0 aliphatic carbocycles. The van der Waals surface area contributed by atoms with E-state index in [9.17, 15) is 10.1 Å². The molecule has 0 aliphatic heterocycles. The van der Waals surface area contributed by atoms with Crippen molar-refractivity contribution in [1.82, 2.24) is 5.32 Å². The maximum absolute atomic E-state index is 10.9. The maximum Gasteiger partial charge on any atom is 0.272 e. The van der Waals surface area contributed by atoms with E-state index in [0.717, 1.165) is 22.6 Å². The SMILES string of the molecule is CNC(C)c1ccc(-c2cc(C)c([N+](=O)[O-])cc2C)o1. The van der Waals surface area contributed by atoms with Crippen LogP contribution >= 0.6 is 0 Å². The van der Waals surface area contributed by atoms with Gasteiger partial charge in [0.1, 0.15) is 11.5 Å². The first-order valence-corrected chi connectivity index (χ1v) is 6.47. The average Bonchev–Trinajstić information content (AvgIpc) is 2.89. The summed E-state index contributed by atoms with van der Waals surface area (Å²) >= 11 is 0. The molecule has 1 aromatic carbocycles. The molecule has 0 fully saturated rings. The quantitative estimate of drug-likeness (QED) is 0.681. The Hall–Kier alpha value is -2.14. The lowest BCUT2D eigenvalue weighted by Crippen LogP contribution is -2.11. The van der Waals surface area contributed by atoms with E-state index >= 15 is 0 Å². The summed E-state index contributed by atoms with van der Waals surface area (Å²) < 4.78 is 5.83. The largest absolute Gasteiger partial charge is 0.459 e. The zero-order chi connectivity index (χ0) is 14.9. The Morgan fingerprint density at radius 2 is 1.95 bits per heavy atom. The molecule has 5 heteroatoms. The molecule has 0 radical (unpaired) electrons. The molecule has 0 saturated carbocycles. The molecular formula is C15H18N2O3. The molecule has 106 valence electrons. The van der Waals surface area contributed by atoms with Crippen LogP contribution in [0.25, 0.3) is 11.3 Å². The first-order chi connectivity index (χ1) is 9.43. The summed E-state index contributed by atoms with van der Waals surface area (Å²) in [5.41, 5.74) is 2.50. The second kappa shape index (κ2) is 5.46. The topological polar surface area (TPSA) is 68.3 Å². The number of hydrogen-bond acceptors (Lipinski definition) is 4. The van der Waals surface area contributed by atoms with E-state index in [0.29, 0.717) is 5.56 Å². The van der Waals surface area contributed by atoms with Gasteiger partial charge in [-0.05, 0) is 51.6 Å². The van der Waals surface area contributed by atoms with Gasteiger partial charge in [-0.2, -0.15) is 0 Å². The fourth-order valence-corrected chi connectivity index (χ4v) is 2.14. The van der Waals surface area contributed by atoms with Crippen molar-refractivity contribution in [3.63, 3.8) is 0 Å². The number of hydrogen-bond donors (Lipinski definition) is 1. The van der Waals surface area contributed by atoms with Crippen molar-refractivity contribution in [1.29, 1.82) is 0 Å². The summed E-state index contributed by atoms with van der Waals surface area (Å²) in [5, 5.41) is 14.0. The van der Waals surface area contributed by atoms with Crippen molar-refractivity contribution in [2.75, 3.05) is 7.05 Å². The van der Waals surface area contributed by atoms with Crippen LogP contribution < -0.4 is 5.32 Å². The van der Waals surface area contributed by atoms with E-state index in [-0.39, 0.29) is 16.7 Å². The summed E-state index contributed by atoms with van der Waals surface area (Å²) in [5.74, 6) is 1.58. The van der Waals surface area contributed by atoms with Crippen LogP contribution in [0.3, 0.4) is 0 Å². The summed E-state index contributed by atoms with van der Waals surface area (Å²) in [4.78, 5) is 10.6. The first kappa shape index (κ1) is 14.3. The number of nitro groups is 1. The molecule has 1 unspecified atom stereocenters. The molecule has 5 nitrogen and oxygen atoms in total. The van der Waals surface area contributed by atoms with Gasteiger partial charge in [0, 0.05) is 17.2 Å². The standard InChI is InChI=1S/C15H18N2O3/c1-9-8-13(17(18)19)10(2)7-12(9)15-6-5-14(20-15)11(3)16-4/h5-8,11,16H,1-4H3. The van der Waals surface area contributed by atoms with Crippen LogP contribution in [0.5, 0.6) is 0 Å². The second-order valence-electron chi connectivity index (χ2n) is 4.92. The average molecular weight is 274 g/mol. The van der Waals surface area contributed by atoms with Crippen molar-refractivity contribution < 1.29 is 9.34 Å².